The molecule has 0 fully saturated rings. The number of aliphatic hydroxyl groups is 2. The van der Waals surface area contributed by atoms with Crippen molar-refractivity contribution in [3.05, 3.63) is 53.2 Å². The summed E-state index contributed by atoms with van der Waals surface area (Å²) in [5.74, 6) is 4.79. The third-order valence-corrected chi connectivity index (χ3v) is 8.00. The van der Waals surface area contributed by atoms with E-state index in [0.717, 1.165) is 0 Å². The number of fused-ring (bicyclic) bond motifs is 1. The Kier molecular flexibility index (Phi) is 8.80. The number of rotatable bonds is 6. The summed E-state index contributed by atoms with van der Waals surface area (Å²) in [5.41, 5.74) is -0.374. The van der Waals surface area contributed by atoms with Crippen molar-refractivity contribution in [3.8, 4) is 23.8 Å². The maximum absolute atomic E-state index is 13.5. The number of ether oxygens (including phenoxy) is 1. The third-order valence-electron chi connectivity index (χ3n) is 6.16. The predicted molar refractivity (Wildman–Crippen MR) is 140 cm³/mol. The van der Waals surface area contributed by atoms with Crippen LogP contribution in [0.25, 0.3) is 0 Å². The first kappa shape index (κ1) is 29.1. The summed E-state index contributed by atoms with van der Waals surface area (Å²) in [4.78, 5) is 19.3. The van der Waals surface area contributed by atoms with E-state index in [-0.39, 0.29) is 42.0 Å². The van der Waals surface area contributed by atoms with E-state index in [9.17, 15) is 23.4 Å². The van der Waals surface area contributed by atoms with Crippen molar-refractivity contribution >= 4 is 15.9 Å². The average molecular weight is 541 g/mol. The number of amides is 1. The Labute approximate surface area is 223 Å². The van der Waals surface area contributed by atoms with Gasteiger partial charge in [-0.15, -0.1) is 0 Å². The van der Waals surface area contributed by atoms with Crippen molar-refractivity contribution in [2.75, 3.05) is 26.7 Å². The second kappa shape index (κ2) is 11.5. The monoisotopic (exact) mass is 540 g/mol. The summed E-state index contributed by atoms with van der Waals surface area (Å²) >= 11 is 0. The van der Waals surface area contributed by atoms with E-state index in [4.69, 9.17) is 10.00 Å². The quantitative estimate of drug-likeness (QED) is 0.526. The Balaban J connectivity index is 1.99. The third kappa shape index (κ3) is 6.69. The normalized spacial score (nSPS) is 18.8. The Morgan fingerprint density at radius 3 is 2.53 bits per heavy atom. The van der Waals surface area contributed by atoms with E-state index in [2.05, 4.69) is 16.8 Å². The van der Waals surface area contributed by atoms with Crippen molar-refractivity contribution in [2.24, 2.45) is 5.92 Å². The number of pyridine rings is 1. The van der Waals surface area contributed by atoms with Crippen LogP contribution in [0, 0.1) is 29.1 Å². The molecule has 1 amide bonds. The van der Waals surface area contributed by atoms with Crippen LogP contribution in [0.4, 0.5) is 0 Å². The van der Waals surface area contributed by atoms with E-state index in [1.54, 1.807) is 6.92 Å². The van der Waals surface area contributed by atoms with Crippen LogP contribution < -0.4 is 4.74 Å². The molecule has 0 saturated heterocycles. The summed E-state index contributed by atoms with van der Waals surface area (Å²) < 4.78 is 33.8. The van der Waals surface area contributed by atoms with Crippen LogP contribution in [-0.4, -0.2) is 83.2 Å². The minimum atomic E-state index is -3.90. The number of aromatic nitrogens is 1. The molecule has 38 heavy (non-hydrogen) atoms. The molecule has 0 saturated carbocycles. The van der Waals surface area contributed by atoms with Gasteiger partial charge in [-0.3, -0.25) is 4.79 Å². The molecule has 2 heterocycles. The van der Waals surface area contributed by atoms with Gasteiger partial charge < -0.3 is 19.8 Å². The lowest BCUT2D eigenvalue weighted by molar-refractivity contribution is 0.0373. The lowest BCUT2D eigenvalue weighted by Gasteiger charge is -2.37. The Bertz CT molecular complexity index is 1380. The average Bonchev–Trinajstić information content (AvgIpc) is 2.88. The number of benzene rings is 1. The van der Waals surface area contributed by atoms with E-state index < -0.39 is 33.7 Å². The number of aliphatic hydroxyl groups excluding tert-OH is 1. The number of carbonyl (C=O) groups is 1. The molecule has 0 unspecified atom stereocenters. The van der Waals surface area contributed by atoms with E-state index in [1.165, 1.54) is 66.6 Å². The van der Waals surface area contributed by atoms with Crippen LogP contribution in [0.5, 0.6) is 5.88 Å². The van der Waals surface area contributed by atoms with Gasteiger partial charge in [0.1, 0.15) is 17.3 Å². The molecular weight excluding hydrogens is 508 g/mol. The minimum absolute atomic E-state index is 0.0275. The number of hydrogen-bond acceptors (Lipinski definition) is 8. The van der Waals surface area contributed by atoms with Gasteiger partial charge in [-0.1, -0.05) is 18.8 Å². The number of carbonyl (C=O) groups excluding carboxylic acids is 1. The number of nitriles is 1. The first-order chi connectivity index (χ1) is 17.8. The molecule has 1 aliphatic rings. The zero-order valence-electron chi connectivity index (χ0n) is 22.0. The molecule has 0 aliphatic carbocycles. The largest absolute Gasteiger partial charge is 0.472 e. The van der Waals surface area contributed by atoms with Crippen molar-refractivity contribution in [1.29, 1.82) is 5.26 Å². The second-order valence-corrected chi connectivity index (χ2v) is 12.0. The molecule has 1 aromatic heterocycles. The standard InChI is InChI=1S/C27H32N4O6S/c1-18-15-31(19(2)17-32)26(33)23-12-21(10-11-27(3,4)34)14-29-25(23)37-24(18)16-30(5)38(35,36)22-8-6-20(13-28)7-9-22/h6-9,12,14,18-19,24,32,34H,15-17H2,1-5H3/t18-,19+,24-/m0/s1. The molecule has 10 nitrogen and oxygen atoms in total. The van der Waals surface area contributed by atoms with E-state index in [1.807, 2.05) is 13.0 Å². The molecule has 0 bridgehead atoms. The van der Waals surface area contributed by atoms with Gasteiger partial charge >= 0.3 is 0 Å². The van der Waals surface area contributed by atoms with Gasteiger partial charge in [0.15, 0.2) is 0 Å². The number of hydrogen-bond donors (Lipinski definition) is 2. The molecule has 11 heteroatoms. The van der Waals surface area contributed by atoms with Gasteiger partial charge in [-0.25, -0.2) is 13.4 Å². The molecule has 2 N–H and O–H groups in total. The molecular formula is C27H32N4O6S. The molecule has 2 aromatic rings. The van der Waals surface area contributed by atoms with Crippen molar-refractivity contribution in [2.45, 2.75) is 50.3 Å². The molecule has 1 aromatic carbocycles. The predicted octanol–water partition coefficient (Wildman–Crippen LogP) is 1.62. The van der Waals surface area contributed by atoms with Crippen LogP contribution in [0.1, 0.15) is 49.2 Å². The van der Waals surface area contributed by atoms with Gasteiger partial charge in [0.05, 0.1) is 35.7 Å². The van der Waals surface area contributed by atoms with E-state index >= 15 is 0 Å². The van der Waals surface area contributed by atoms with Gasteiger partial charge in [0.25, 0.3) is 5.91 Å². The van der Waals surface area contributed by atoms with Crippen molar-refractivity contribution in [3.63, 3.8) is 0 Å². The second-order valence-electron chi connectivity index (χ2n) is 9.93. The highest BCUT2D eigenvalue weighted by Gasteiger charge is 2.36. The highest BCUT2D eigenvalue weighted by Crippen LogP contribution is 2.28. The number of likely N-dealkylation sites (N-methyl/N-ethyl adjacent to an activating group) is 1. The molecule has 3 atom stereocenters. The fraction of sp³-hybridized carbons (Fsp3) is 0.444. The smallest absolute Gasteiger partial charge is 0.259 e. The zero-order chi connectivity index (χ0) is 28.3. The maximum atomic E-state index is 13.5. The fourth-order valence-corrected chi connectivity index (χ4v) is 5.03. The van der Waals surface area contributed by atoms with Crippen LogP contribution in [0.3, 0.4) is 0 Å². The van der Waals surface area contributed by atoms with Crippen LogP contribution in [0.15, 0.2) is 41.4 Å². The Morgan fingerprint density at radius 1 is 1.29 bits per heavy atom. The van der Waals surface area contributed by atoms with Gasteiger partial charge in [-0.05, 0) is 51.1 Å². The molecule has 0 radical (unpaired) electrons. The highest BCUT2D eigenvalue weighted by atomic mass is 32.2. The molecule has 202 valence electrons. The van der Waals surface area contributed by atoms with Gasteiger partial charge in [-0.2, -0.15) is 9.57 Å². The topological polar surface area (TPSA) is 144 Å². The Hall–Kier alpha value is -3.48. The Morgan fingerprint density at radius 2 is 1.95 bits per heavy atom. The molecule has 1 aliphatic heterocycles. The number of nitrogens with zero attached hydrogens (tertiary/aromatic N) is 4. The highest BCUT2D eigenvalue weighted by molar-refractivity contribution is 7.89. The van der Waals surface area contributed by atoms with Crippen LogP contribution in [0.2, 0.25) is 0 Å². The summed E-state index contributed by atoms with van der Waals surface area (Å²) in [5, 5.41) is 28.7. The van der Waals surface area contributed by atoms with Crippen LogP contribution in [-0.2, 0) is 10.0 Å². The van der Waals surface area contributed by atoms with Gasteiger partial charge in [0, 0.05) is 31.3 Å². The van der Waals surface area contributed by atoms with Crippen molar-refractivity contribution < 1.29 is 28.2 Å². The molecule has 3 rings (SSSR count). The molecule has 0 spiro atoms. The zero-order valence-corrected chi connectivity index (χ0v) is 22.9. The fourth-order valence-electron chi connectivity index (χ4n) is 3.85. The first-order valence-corrected chi connectivity index (χ1v) is 13.5. The van der Waals surface area contributed by atoms with E-state index in [0.29, 0.717) is 11.1 Å². The lowest BCUT2D eigenvalue weighted by atomic mass is 10.00. The summed E-state index contributed by atoms with van der Waals surface area (Å²) in [6, 6.07) is 8.60. The first-order valence-electron chi connectivity index (χ1n) is 12.1. The minimum Gasteiger partial charge on any atom is -0.472 e. The maximum Gasteiger partial charge on any atom is 0.259 e. The summed E-state index contributed by atoms with van der Waals surface area (Å²) in [6.07, 6.45) is 0.736. The summed E-state index contributed by atoms with van der Waals surface area (Å²) in [7, 11) is -2.46. The van der Waals surface area contributed by atoms with Gasteiger partial charge in [0.2, 0.25) is 15.9 Å². The van der Waals surface area contributed by atoms with Crippen LogP contribution >= 0.6 is 0 Å². The van der Waals surface area contributed by atoms with Crippen molar-refractivity contribution in [1.82, 2.24) is 14.2 Å². The summed E-state index contributed by atoms with van der Waals surface area (Å²) in [6.45, 7) is 6.52. The lowest BCUT2D eigenvalue weighted by Crippen LogP contribution is -2.50. The SMILES string of the molecule is C[C@H](CO)N1C[C@H](C)[C@H](CN(C)S(=O)(=O)c2ccc(C#N)cc2)Oc2ncc(C#CC(C)(C)O)cc2C1=O. The number of sulfonamides is 1.